The summed E-state index contributed by atoms with van der Waals surface area (Å²) in [6.45, 7) is 19.3. The molecule has 0 heteroatoms. The highest BCUT2D eigenvalue weighted by molar-refractivity contribution is 5.36. The quantitative estimate of drug-likeness (QED) is 0.363. The SMILES string of the molecule is C=CCc1cccc(CC)c1C.CCCC.CCCc1cccc(CC)c1CCC. The first-order chi connectivity index (χ1) is 14.5. The lowest BCUT2D eigenvalue weighted by atomic mass is 9.93. The van der Waals surface area contributed by atoms with Gasteiger partial charge in [0.25, 0.3) is 0 Å². The fourth-order valence-corrected chi connectivity index (χ4v) is 3.59. The molecule has 0 spiro atoms. The van der Waals surface area contributed by atoms with E-state index in [1.165, 1.54) is 61.6 Å². The Morgan fingerprint density at radius 2 is 1.13 bits per heavy atom. The molecule has 0 heterocycles. The largest absolute Gasteiger partial charge is 0.103 e. The molecule has 168 valence electrons. The van der Waals surface area contributed by atoms with E-state index in [0.717, 1.165) is 12.8 Å². The fourth-order valence-electron chi connectivity index (χ4n) is 3.59. The van der Waals surface area contributed by atoms with Gasteiger partial charge in [-0.3, -0.25) is 0 Å². The van der Waals surface area contributed by atoms with Gasteiger partial charge in [0.05, 0.1) is 0 Å². The zero-order valence-electron chi connectivity index (χ0n) is 21.1. The van der Waals surface area contributed by atoms with Crippen molar-refractivity contribution in [2.24, 2.45) is 0 Å². The Morgan fingerprint density at radius 1 is 0.633 bits per heavy atom. The molecule has 2 rings (SSSR count). The average Bonchev–Trinajstić information content (AvgIpc) is 2.77. The Morgan fingerprint density at radius 3 is 1.60 bits per heavy atom. The van der Waals surface area contributed by atoms with Crippen LogP contribution in [0.5, 0.6) is 0 Å². The van der Waals surface area contributed by atoms with Crippen molar-refractivity contribution in [1.82, 2.24) is 0 Å². The van der Waals surface area contributed by atoms with Crippen molar-refractivity contribution in [3.8, 4) is 0 Å². The van der Waals surface area contributed by atoms with Crippen molar-refractivity contribution in [2.45, 2.75) is 106 Å². The van der Waals surface area contributed by atoms with Gasteiger partial charge in [-0.1, -0.05) is 110 Å². The zero-order chi connectivity index (χ0) is 22.8. The maximum Gasteiger partial charge on any atom is -0.00974 e. The van der Waals surface area contributed by atoms with Gasteiger partial charge in [-0.25, -0.2) is 0 Å². The van der Waals surface area contributed by atoms with Gasteiger partial charge >= 0.3 is 0 Å². The van der Waals surface area contributed by atoms with Crippen molar-refractivity contribution < 1.29 is 0 Å². The number of hydrogen-bond acceptors (Lipinski definition) is 0. The van der Waals surface area contributed by atoms with E-state index in [4.69, 9.17) is 0 Å². The minimum atomic E-state index is 0.986. The topological polar surface area (TPSA) is 0 Å². The highest BCUT2D eigenvalue weighted by Crippen LogP contribution is 2.19. The molecule has 0 aliphatic heterocycles. The van der Waals surface area contributed by atoms with E-state index >= 15 is 0 Å². The standard InChI is InChI=1S/C14H22.C12H16.C4H10/c1-4-8-13-11-7-10-12(6-3)14(13)9-5-2;1-4-7-12-9-6-8-11(5-2)10(12)3;1-3-4-2/h7,10-11H,4-6,8-9H2,1-3H3;4,6,8-9H,1,5,7H2,2-3H3;3-4H2,1-2H3. The van der Waals surface area contributed by atoms with Crippen LogP contribution < -0.4 is 0 Å². The van der Waals surface area contributed by atoms with E-state index in [0.29, 0.717) is 0 Å². The number of benzene rings is 2. The van der Waals surface area contributed by atoms with Crippen LogP contribution in [0.2, 0.25) is 0 Å². The summed E-state index contributed by atoms with van der Waals surface area (Å²) >= 11 is 0. The van der Waals surface area contributed by atoms with Crippen molar-refractivity contribution in [1.29, 1.82) is 0 Å². The summed E-state index contributed by atoms with van der Waals surface area (Å²) in [4.78, 5) is 0. The summed E-state index contributed by atoms with van der Waals surface area (Å²) in [7, 11) is 0. The summed E-state index contributed by atoms with van der Waals surface area (Å²) < 4.78 is 0. The molecule has 0 aromatic heterocycles. The van der Waals surface area contributed by atoms with Gasteiger partial charge in [-0.15, -0.1) is 6.58 Å². The summed E-state index contributed by atoms with van der Waals surface area (Å²) in [6.07, 6.45) is 12.9. The first-order valence-electron chi connectivity index (χ1n) is 12.3. The monoisotopic (exact) mass is 408 g/mol. The Balaban J connectivity index is 0.000000481. The lowest BCUT2D eigenvalue weighted by molar-refractivity contribution is 0.845. The first kappa shape index (κ1) is 28.2. The van der Waals surface area contributed by atoms with Crippen LogP contribution in [0.1, 0.15) is 101 Å². The summed E-state index contributed by atoms with van der Waals surface area (Å²) in [6, 6.07) is 13.3. The molecule has 0 aliphatic carbocycles. The van der Waals surface area contributed by atoms with Gasteiger partial charge < -0.3 is 0 Å². The van der Waals surface area contributed by atoms with Gasteiger partial charge in [0, 0.05) is 0 Å². The predicted octanol–water partition coefficient (Wildman–Crippen LogP) is 9.25. The lowest BCUT2D eigenvalue weighted by Crippen LogP contribution is -1.99. The van der Waals surface area contributed by atoms with Crippen molar-refractivity contribution in [2.75, 3.05) is 0 Å². The molecule has 0 saturated heterocycles. The van der Waals surface area contributed by atoms with Gasteiger partial charge in [0.2, 0.25) is 0 Å². The molecular weight excluding hydrogens is 360 g/mol. The van der Waals surface area contributed by atoms with Crippen molar-refractivity contribution in [3.05, 3.63) is 82.4 Å². The molecule has 30 heavy (non-hydrogen) atoms. The molecule has 0 fully saturated rings. The normalized spacial score (nSPS) is 9.83. The molecule has 0 amide bonds. The molecule has 2 aromatic rings. The number of unbranched alkanes of at least 4 members (excludes halogenated alkanes) is 1. The highest BCUT2D eigenvalue weighted by Gasteiger charge is 2.05. The minimum absolute atomic E-state index is 0.986. The van der Waals surface area contributed by atoms with Crippen LogP contribution in [0.25, 0.3) is 0 Å². The molecule has 2 aromatic carbocycles. The third-order valence-corrected chi connectivity index (χ3v) is 5.57. The Labute approximate surface area is 188 Å². The van der Waals surface area contributed by atoms with Crippen LogP contribution in [-0.2, 0) is 32.1 Å². The molecule has 0 saturated carbocycles. The summed E-state index contributed by atoms with van der Waals surface area (Å²) in [5.41, 5.74) is 9.05. The van der Waals surface area contributed by atoms with Crippen LogP contribution >= 0.6 is 0 Å². The summed E-state index contributed by atoms with van der Waals surface area (Å²) in [5, 5.41) is 0. The second-order valence-electron chi connectivity index (χ2n) is 7.96. The number of hydrogen-bond donors (Lipinski definition) is 0. The molecule has 0 N–H and O–H groups in total. The second kappa shape index (κ2) is 18.0. The van der Waals surface area contributed by atoms with Gasteiger partial charge in [0.1, 0.15) is 0 Å². The lowest BCUT2D eigenvalue weighted by Gasteiger charge is -2.12. The van der Waals surface area contributed by atoms with E-state index in [1.54, 1.807) is 16.7 Å². The van der Waals surface area contributed by atoms with E-state index in [1.807, 2.05) is 6.08 Å². The smallest absolute Gasteiger partial charge is 0.00974 e. The molecule has 0 nitrogen and oxygen atoms in total. The molecule has 0 bridgehead atoms. The Hall–Kier alpha value is -1.82. The van der Waals surface area contributed by atoms with E-state index in [-0.39, 0.29) is 0 Å². The fraction of sp³-hybridized carbons (Fsp3) is 0.533. The number of rotatable bonds is 9. The number of allylic oxidation sites excluding steroid dienone is 1. The molecule has 0 unspecified atom stereocenters. The highest BCUT2D eigenvalue weighted by atomic mass is 14.1. The zero-order valence-corrected chi connectivity index (χ0v) is 21.1. The Kier molecular flexibility index (Phi) is 16.9. The van der Waals surface area contributed by atoms with E-state index < -0.39 is 0 Å². The number of aryl methyl sites for hydroxylation is 3. The van der Waals surface area contributed by atoms with Crippen molar-refractivity contribution >= 4 is 0 Å². The molecule has 0 atom stereocenters. The third-order valence-electron chi connectivity index (χ3n) is 5.57. The van der Waals surface area contributed by atoms with Gasteiger partial charge in [-0.2, -0.15) is 0 Å². The van der Waals surface area contributed by atoms with E-state index in [9.17, 15) is 0 Å². The second-order valence-corrected chi connectivity index (χ2v) is 7.96. The molecule has 0 aliphatic rings. The van der Waals surface area contributed by atoms with Crippen LogP contribution in [0.4, 0.5) is 0 Å². The molecular formula is C30H48. The summed E-state index contributed by atoms with van der Waals surface area (Å²) in [5.74, 6) is 0. The van der Waals surface area contributed by atoms with Crippen molar-refractivity contribution in [3.63, 3.8) is 0 Å². The molecule has 0 radical (unpaired) electrons. The minimum Gasteiger partial charge on any atom is -0.103 e. The van der Waals surface area contributed by atoms with Crippen LogP contribution in [0.15, 0.2) is 49.1 Å². The first-order valence-corrected chi connectivity index (χ1v) is 12.3. The van der Waals surface area contributed by atoms with E-state index in [2.05, 4.69) is 91.4 Å². The Bertz CT molecular complexity index is 691. The van der Waals surface area contributed by atoms with Gasteiger partial charge in [0.15, 0.2) is 0 Å². The predicted molar refractivity (Wildman–Crippen MR) is 139 cm³/mol. The van der Waals surface area contributed by atoms with Gasteiger partial charge in [-0.05, 0) is 72.4 Å². The maximum atomic E-state index is 3.75. The third kappa shape index (κ3) is 10.3. The van der Waals surface area contributed by atoms with Crippen LogP contribution in [0.3, 0.4) is 0 Å². The average molecular weight is 409 g/mol. The van der Waals surface area contributed by atoms with Crippen LogP contribution in [-0.4, -0.2) is 0 Å². The maximum absolute atomic E-state index is 3.75. The van der Waals surface area contributed by atoms with Crippen LogP contribution in [0, 0.1) is 6.92 Å².